The van der Waals surface area contributed by atoms with Crippen LogP contribution in [0, 0.1) is 0 Å². The molecule has 1 unspecified atom stereocenters. The Morgan fingerprint density at radius 1 is 0.758 bits per heavy atom. The highest BCUT2D eigenvalue weighted by Crippen LogP contribution is 2.48. The summed E-state index contributed by atoms with van der Waals surface area (Å²) < 4.78 is 25.3. The molecule has 4 aromatic carbocycles. The highest BCUT2D eigenvalue weighted by atomic mass is 31.2. The third kappa shape index (κ3) is 4.17. The van der Waals surface area contributed by atoms with Gasteiger partial charge < -0.3 is 4.74 Å². The molecule has 0 N–H and O–H groups in total. The Balaban J connectivity index is 1.73. The van der Waals surface area contributed by atoms with Gasteiger partial charge in [0.2, 0.25) is 7.29 Å². The largest absolute Gasteiger partial charge is 0.497 e. The third-order valence-electron chi connectivity index (χ3n) is 6.30. The quantitative estimate of drug-likeness (QED) is 0.342. The van der Waals surface area contributed by atoms with Crippen LogP contribution in [0.4, 0.5) is 0 Å². The molecule has 0 aliphatic heterocycles. The molecule has 164 valence electrons. The second-order valence-corrected chi connectivity index (χ2v) is 10.6. The second kappa shape index (κ2) is 9.21. The van der Waals surface area contributed by atoms with Crippen LogP contribution in [0.1, 0.15) is 29.0 Å². The molecule has 0 fully saturated rings. The fraction of sp³-hybridized carbons (Fsp3) is 0.138. The number of methoxy groups -OCH3 is 1. The molecule has 0 saturated carbocycles. The first-order valence-corrected chi connectivity index (χ1v) is 12.9. The van der Waals surface area contributed by atoms with Gasteiger partial charge in [0, 0.05) is 16.5 Å². The summed E-state index contributed by atoms with van der Waals surface area (Å²) in [5.74, 6) is 0.888. The average Bonchev–Trinajstić information content (AvgIpc) is 2.90. The van der Waals surface area contributed by atoms with Gasteiger partial charge in [0.05, 0.1) is 12.8 Å². The number of hydrogen-bond acceptors (Lipinski definition) is 2. The molecule has 0 bridgehead atoms. The van der Waals surface area contributed by atoms with Crippen LogP contribution in [-0.4, -0.2) is 12.8 Å². The third-order valence-corrected chi connectivity index (χ3v) is 8.80. The van der Waals surface area contributed by atoms with E-state index in [4.69, 9.17) is 9.50 Å². The zero-order valence-electron chi connectivity index (χ0n) is 18.6. The number of hydrogen-bond donors (Lipinski definition) is 0. The molecule has 1 aliphatic rings. The van der Waals surface area contributed by atoms with E-state index in [1.807, 2.05) is 78.9 Å². The van der Waals surface area contributed by atoms with Crippen molar-refractivity contribution in [2.75, 3.05) is 7.11 Å². The van der Waals surface area contributed by atoms with Crippen molar-refractivity contribution in [1.29, 1.82) is 0 Å². The molecule has 0 heterocycles. The molecule has 0 amide bonds. The summed E-state index contributed by atoms with van der Waals surface area (Å²) in [6.07, 6.45) is 1.89. The molecule has 3 nitrogen and oxygen atoms in total. The van der Waals surface area contributed by atoms with Crippen molar-refractivity contribution in [2.24, 2.45) is 4.76 Å². The van der Waals surface area contributed by atoms with E-state index in [1.54, 1.807) is 7.11 Å². The lowest BCUT2D eigenvalue weighted by Gasteiger charge is -2.29. The van der Waals surface area contributed by atoms with Crippen LogP contribution in [0.2, 0.25) is 0 Å². The number of fused-ring (bicyclic) bond motifs is 1. The minimum Gasteiger partial charge on any atom is -0.497 e. The van der Waals surface area contributed by atoms with Crippen LogP contribution >= 0.6 is 7.29 Å². The topological polar surface area (TPSA) is 38.7 Å². The maximum Gasteiger partial charge on any atom is 0.247 e. The summed E-state index contributed by atoms with van der Waals surface area (Å²) in [7, 11) is -1.58. The van der Waals surface area contributed by atoms with Crippen molar-refractivity contribution in [3.63, 3.8) is 0 Å². The second-order valence-electron chi connectivity index (χ2n) is 8.25. The summed E-state index contributed by atoms with van der Waals surface area (Å²) in [4.78, 5) is 0. The van der Waals surface area contributed by atoms with Gasteiger partial charge in [-0.15, -0.1) is 0 Å². The first-order chi connectivity index (χ1) is 16.2. The minimum absolute atomic E-state index is 0.0616. The molecule has 4 heteroatoms. The van der Waals surface area contributed by atoms with Gasteiger partial charge in [-0.05, 0) is 65.9 Å². The molecule has 1 aliphatic carbocycles. The Labute approximate surface area is 195 Å². The summed E-state index contributed by atoms with van der Waals surface area (Å²) in [6.45, 7) is 0. The first-order valence-electron chi connectivity index (χ1n) is 11.2. The van der Waals surface area contributed by atoms with Crippen LogP contribution in [0.25, 0.3) is 0 Å². The zero-order valence-corrected chi connectivity index (χ0v) is 19.5. The van der Waals surface area contributed by atoms with Gasteiger partial charge in [0.15, 0.2) is 0 Å². The highest BCUT2D eigenvalue weighted by molar-refractivity contribution is 7.77. The SMILES string of the molecule is COc1ccc(C2CCc3ccccc3/C2=N/P(=O)(c2ccccc2)c2ccccc2)cc1. The normalized spacial score (nSPS) is 16.9. The Hall–Kier alpha value is -3.42. The summed E-state index contributed by atoms with van der Waals surface area (Å²) in [5, 5.41) is 1.50. The number of rotatable bonds is 5. The van der Waals surface area contributed by atoms with Crippen molar-refractivity contribution >= 4 is 23.6 Å². The van der Waals surface area contributed by atoms with Crippen molar-refractivity contribution in [1.82, 2.24) is 0 Å². The Bertz CT molecular complexity index is 1270. The molecular formula is C29H26NO2P. The van der Waals surface area contributed by atoms with Crippen LogP contribution in [0.5, 0.6) is 5.75 Å². The van der Waals surface area contributed by atoms with Crippen LogP contribution in [0.15, 0.2) is 114 Å². The molecular weight excluding hydrogens is 425 g/mol. The Morgan fingerprint density at radius 2 is 1.33 bits per heavy atom. The smallest absolute Gasteiger partial charge is 0.247 e. The van der Waals surface area contributed by atoms with Crippen molar-refractivity contribution in [3.8, 4) is 5.75 Å². The van der Waals surface area contributed by atoms with Crippen molar-refractivity contribution in [2.45, 2.75) is 18.8 Å². The van der Waals surface area contributed by atoms with Crippen LogP contribution < -0.4 is 15.3 Å². The summed E-state index contributed by atoms with van der Waals surface area (Å²) in [5.41, 5.74) is 4.42. The van der Waals surface area contributed by atoms with Gasteiger partial charge in [0.1, 0.15) is 5.75 Å². The standard InChI is InChI=1S/C29H26NO2P/c1-32-24-19-16-23(17-20-24)28-21-18-22-10-8-9-15-27(22)29(28)30-33(31,25-11-4-2-5-12-25)26-13-6-3-7-14-26/h2-17,19-20,28H,18,21H2,1H3/b30-29-. The number of benzene rings is 4. The highest BCUT2D eigenvalue weighted by Gasteiger charge is 2.33. The molecule has 0 saturated heterocycles. The molecule has 1 atom stereocenters. The summed E-state index contributed by atoms with van der Waals surface area (Å²) in [6, 6.07) is 35.9. The lowest BCUT2D eigenvalue weighted by Crippen LogP contribution is -2.24. The van der Waals surface area contributed by atoms with Gasteiger partial charge in [-0.25, -0.2) is 4.76 Å². The van der Waals surface area contributed by atoms with E-state index >= 15 is 0 Å². The van der Waals surface area contributed by atoms with E-state index in [1.165, 1.54) is 5.56 Å². The van der Waals surface area contributed by atoms with E-state index in [0.29, 0.717) is 0 Å². The maximum absolute atomic E-state index is 14.8. The molecule has 0 aromatic heterocycles. The zero-order chi connectivity index (χ0) is 22.7. The average molecular weight is 452 g/mol. The molecule has 0 radical (unpaired) electrons. The first kappa shape index (κ1) is 21.4. The molecule has 33 heavy (non-hydrogen) atoms. The predicted octanol–water partition coefficient (Wildman–Crippen LogP) is 6.14. The van der Waals surface area contributed by atoms with Crippen LogP contribution in [-0.2, 0) is 11.0 Å². The molecule has 0 spiro atoms. The Kier molecular flexibility index (Phi) is 5.98. The van der Waals surface area contributed by atoms with E-state index in [2.05, 4.69) is 30.3 Å². The van der Waals surface area contributed by atoms with E-state index < -0.39 is 7.29 Å². The number of ether oxygens (including phenoxy) is 1. The van der Waals surface area contributed by atoms with Gasteiger partial charge >= 0.3 is 0 Å². The van der Waals surface area contributed by atoms with Crippen LogP contribution in [0.3, 0.4) is 0 Å². The Morgan fingerprint density at radius 3 is 1.94 bits per heavy atom. The lowest BCUT2D eigenvalue weighted by atomic mass is 9.78. The van der Waals surface area contributed by atoms with Crippen molar-refractivity contribution < 1.29 is 9.30 Å². The maximum atomic E-state index is 14.8. The number of aryl methyl sites for hydroxylation is 1. The molecule has 4 aromatic rings. The lowest BCUT2D eigenvalue weighted by molar-refractivity contribution is 0.414. The van der Waals surface area contributed by atoms with Crippen molar-refractivity contribution in [3.05, 3.63) is 126 Å². The van der Waals surface area contributed by atoms with Gasteiger partial charge in [0.25, 0.3) is 0 Å². The number of nitrogens with zero attached hydrogens (tertiary/aromatic N) is 1. The predicted molar refractivity (Wildman–Crippen MR) is 137 cm³/mol. The van der Waals surface area contributed by atoms with E-state index in [9.17, 15) is 4.57 Å². The fourth-order valence-corrected chi connectivity index (χ4v) is 6.81. The minimum atomic E-state index is -3.26. The van der Waals surface area contributed by atoms with Gasteiger partial charge in [-0.2, -0.15) is 0 Å². The van der Waals surface area contributed by atoms with Gasteiger partial charge in [-0.3, -0.25) is 4.57 Å². The van der Waals surface area contributed by atoms with Gasteiger partial charge in [-0.1, -0.05) is 72.8 Å². The molecule has 5 rings (SSSR count). The summed E-state index contributed by atoms with van der Waals surface area (Å²) >= 11 is 0. The van der Waals surface area contributed by atoms with E-state index in [-0.39, 0.29) is 5.92 Å². The van der Waals surface area contributed by atoms with E-state index in [0.717, 1.165) is 46.0 Å². The monoisotopic (exact) mass is 451 g/mol. The fourth-order valence-electron chi connectivity index (χ4n) is 4.57.